The van der Waals surface area contributed by atoms with Gasteiger partial charge in [-0.25, -0.2) is 0 Å². The minimum atomic E-state index is -0.337. The van der Waals surface area contributed by atoms with E-state index < -0.39 is 0 Å². The Balaban J connectivity index is 2.34. The lowest BCUT2D eigenvalue weighted by atomic mass is 10.1. The smallest absolute Gasteiger partial charge is 0.239 e. The molecular weight excluding hydrogens is 218 g/mol. The summed E-state index contributed by atoms with van der Waals surface area (Å²) in [5.74, 6) is -0.564. The van der Waals surface area contributed by atoms with E-state index in [1.165, 1.54) is 0 Å². The molecule has 1 rings (SSSR count). The van der Waals surface area contributed by atoms with Crippen LogP contribution < -0.4 is 16.4 Å². The maximum absolute atomic E-state index is 11.4. The molecule has 92 valence electrons. The average molecular weight is 235 g/mol. The van der Waals surface area contributed by atoms with Crippen LogP contribution in [-0.4, -0.2) is 24.9 Å². The second-order valence-corrected chi connectivity index (χ2v) is 3.68. The van der Waals surface area contributed by atoms with Crippen molar-refractivity contribution < 1.29 is 9.59 Å². The number of amides is 2. The van der Waals surface area contributed by atoms with E-state index in [9.17, 15) is 9.59 Å². The van der Waals surface area contributed by atoms with E-state index in [1.807, 2.05) is 31.2 Å². The SMILES string of the molecule is Cc1ccccc1CNC(=O)CNC(=O)CN. The Bertz CT molecular complexity index is 404. The molecule has 0 fully saturated rings. The van der Waals surface area contributed by atoms with Crippen LogP contribution in [0.3, 0.4) is 0 Å². The van der Waals surface area contributed by atoms with Gasteiger partial charge in [0, 0.05) is 6.54 Å². The van der Waals surface area contributed by atoms with Crippen molar-refractivity contribution in [3.63, 3.8) is 0 Å². The predicted octanol–water partition coefficient (Wildman–Crippen LogP) is -0.314. The summed E-state index contributed by atoms with van der Waals surface area (Å²) in [4.78, 5) is 22.2. The molecule has 0 spiro atoms. The standard InChI is InChI=1S/C12H17N3O2/c1-9-4-2-3-5-10(9)7-14-12(17)8-15-11(16)6-13/h2-5H,6-8,13H2,1H3,(H,14,17)(H,15,16). The molecular formula is C12H17N3O2. The number of nitrogens with one attached hydrogen (secondary N) is 2. The number of nitrogens with two attached hydrogens (primary N) is 1. The summed E-state index contributed by atoms with van der Waals surface area (Å²) in [6, 6.07) is 7.80. The van der Waals surface area contributed by atoms with Gasteiger partial charge in [0.15, 0.2) is 0 Å². The molecule has 1 aromatic carbocycles. The summed E-state index contributed by atoms with van der Waals surface area (Å²) in [5, 5.41) is 5.13. The Morgan fingerprint density at radius 3 is 2.53 bits per heavy atom. The summed E-state index contributed by atoms with van der Waals surface area (Å²) in [6.45, 7) is 2.30. The number of rotatable bonds is 5. The number of carbonyl (C=O) groups excluding carboxylic acids is 2. The van der Waals surface area contributed by atoms with Gasteiger partial charge in [-0.2, -0.15) is 0 Å². The van der Waals surface area contributed by atoms with Gasteiger partial charge in [0.25, 0.3) is 0 Å². The molecule has 0 aliphatic heterocycles. The molecule has 5 heteroatoms. The summed E-state index contributed by atoms with van der Waals surface area (Å²) >= 11 is 0. The van der Waals surface area contributed by atoms with Gasteiger partial charge in [-0.1, -0.05) is 24.3 Å². The molecule has 0 atom stereocenters. The largest absolute Gasteiger partial charge is 0.350 e. The second kappa shape index (κ2) is 6.65. The Morgan fingerprint density at radius 1 is 1.18 bits per heavy atom. The predicted molar refractivity (Wildman–Crippen MR) is 65.1 cm³/mol. The van der Waals surface area contributed by atoms with Gasteiger partial charge >= 0.3 is 0 Å². The van der Waals surface area contributed by atoms with E-state index in [2.05, 4.69) is 10.6 Å². The molecule has 0 unspecified atom stereocenters. The Kier molecular flexibility index (Phi) is 5.16. The molecule has 0 saturated carbocycles. The van der Waals surface area contributed by atoms with Crippen LogP contribution in [0.15, 0.2) is 24.3 Å². The fourth-order valence-electron chi connectivity index (χ4n) is 1.32. The number of aryl methyl sites for hydroxylation is 1. The van der Waals surface area contributed by atoms with Crippen molar-refractivity contribution in [2.45, 2.75) is 13.5 Å². The van der Waals surface area contributed by atoms with Gasteiger partial charge in [0.1, 0.15) is 0 Å². The van der Waals surface area contributed by atoms with Crippen molar-refractivity contribution in [3.8, 4) is 0 Å². The summed E-state index contributed by atoms with van der Waals surface area (Å²) in [6.07, 6.45) is 0. The van der Waals surface area contributed by atoms with Gasteiger partial charge in [0.2, 0.25) is 11.8 Å². The zero-order valence-electron chi connectivity index (χ0n) is 9.82. The van der Waals surface area contributed by atoms with Crippen LogP contribution in [0.5, 0.6) is 0 Å². The van der Waals surface area contributed by atoms with Gasteiger partial charge in [-0.05, 0) is 18.1 Å². The van der Waals surface area contributed by atoms with Crippen molar-refractivity contribution in [1.82, 2.24) is 10.6 Å². The first-order chi connectivity index (χ1) is 8.13. The highest BCUT2D eigenvalue weighted by atomic mass is 16.2. The molecule has 2 amide bonds. The average Bonchev–Trinajstić information content (AvgIpc) is 2.35. The van der Waals surface area contributed by atoms with E-state index in [0.717, 1.165) is 11.1 Å². The highest BCUT2D eigenvalue weighted by Crippen LogP contribution is 2.05. The molecule has 0 bridgehead atoms. The van der Waals surface area contributed by atoms with E-state index in [1.54, 1.807) is 0 Å². The molecule has 17 heavy (non-hydrogen) atoms. The maximum Gasteiger partial charge on any atom is 0.239 e. The summed E-state index contributed by atoms with van der Waals surface area (Å²) in [5.41, 5.74) is 7.28. The van der Waals surface area contributed by atoms with Crippen LogP contribution in [0.2, 0.25) is 0 Å². The second-order valence-electron chi connectivity index (χ2n) is 3.68. The third kappa shape index (κ3) is 4.65. The number of hydrogen-bond acceptors (Lipinski definition) is 3. The van der Waals surface area contributed by atoms with Gasteiger partial charge in [0.05, 0.1) is 13.1 Å². The number of benzene rings is 1. The topological polar surface area (TPSA) is 84.2 Å². The van der Waals surface area contributed by atoms with Crippen LogP contribution in [0.4, 0.5) is 0 Å². The zero-order valence-corrected chi connectivity index (χ0v) is 9.82. The van der Waals surface area contributed by atoms with Crippen molar-refractivity contribution in [1.29, 1.82) is 0 Å². The first-order valence-electron chi connectivity index (χ1n) is 5.41. The van der Waals surface area contributed by atoms with Crippen LogP contribution in [0, 0.1) is 6.92 Å². The number of hydrogen-bond donors (Lipinski definition) is 3. The third-order valence-corrected chi connectivity index (χ3v) is 2.37. The van der Waals surface area contributed by atoms with E-state index >= 15 is 0 Å². The Morgan fingerprint density at radius 2 is 1.88 bits per heavy atom. The molecule has 0 heterocycles. The highest BCUT2D eigenvalue weighted by Gasteiger charge is 2.04. The van der Waals surface area contributed by atoms with Crippen molar-refractivity contribution in [2.75, 3.05) is 13.1 Å². The van der Waals surface area contributed by atoms with Crippen LogP contribution >= 0.6 is 0 Å². The molecule has 0 radical (unpaired) electrons. The van der Waals surface area contributed by atoms with E-state index in [0.29, 0.717) is 6.54 Å². The van der Waals surface area contributed by atoms with Gasteiger partial charge < -0.3 is 16.4 Å². The van der Waals surface area contributed by atoms with Crippen LogP contribution in [0.25, 0.3) is 0 Å². The first kappa shape index (κ1) is 13.2. The van der Waals surface area contributed by atoms with Crippen LogP contribution in [-0.2, 0) is 16.1 Å². The highest BCUT2D eigenvalue weighted by molar-refractivity contribution is 5.85. The van der Waals surface area contributed by atoms with Crippen molar-refractivity contribution in [3.05, 3.63) is 35.4 Å². The molecule has 4 N–H and O–H groups in total. The minimum Gasteiger partial charge on any atom is -0.350 e. The molecule has 0 saturated heterocycles. The van der Waals surface area contributed by atoms with Crippen molar-refractivity contribution in [2.24, 2.45) is 5.73 Å². The monoisotopic (exact) mass is 235 g/mol. The normalized spacial score (nSPS) is 9.76. The first-order valence-corrected chi connectivity index (χ1v) is 5.41. The van der Waals surface area contributed by atoms with Gasteiger partial charge in [-0.15, -0.1) is 0 Å². The number of carbonyl (C=O) groups is 2. The lowest BCUT2D eigenvalue weighted by molar-refractivity contribution is -0.125. The summed E-state index contributed by atoms with van der Waals surface area (Å²) in [7, 11) is 0. The van der Waals surface area contributed by atoms with E-state index in [-0.39, 0.29) is 24.9 Å². The Labute approximate surface area is 100 Å². The van der Waals surface area contributed by atoms with Gasteiger partial charge in [-0.3, -0.25) is 9.59 Å². The molecule has 5 nitrogen and oxygen atoms in total. The fourth-order valence-corrected chi connectivity index (χ4v) is 1.32. The quantitative estimate of drug-likeness (QED) is 0.654. The Hall–Kier alpha value is -1.88. The lowest BCUT2D eigenvalue weighted by Gasteiger charge is -2.08. The maximum atomic E-state index is 11.4. The molecule has 0 aromatic heterocycles. The third-order valence-electron chi connectivity index (χ3n) is 2.37. The molecule has 1 aromatic rings. The van der Waals surface area contributed by atoms with Crippen molar-refractivity contribution >= 4 is 11.8 Å². The zero-order chi connectivity index (χ0) is 12.7. The molecule has 0 aliphatic rings. The van der Waals surface area contributed by atoms with Crippen LogP contribution in [0.1, 0.15) is 11.1 Å². The van der Waals surface area contributed by atoms with E-state index in [4.69, 9.17) is 5.73 Å². The summed E-state index contributed by atoms with van der Waals surface area (Å²) < 4.78 is 0. The molecule has 0 aliphatic carbocycles. The minimum absolute atomic E-state index is 0.0398. The fraction of sp³-hybridized carbons (Fsp3) is 0.333. The lowest BCUT2D eigenvalue weighted by Crippen LogP contribution is -2.39.